The lowest BCUT2D eigenvalue weighted by Gasteiger charge is -2.36. The molecule has 27 heavy (non-hydrogen) atoms. The highest BCUT2D eigenvalue weighted by atomic mass is 35.5. The van der Waals surface area contributed by atoms with E-state index in [1.807, 2.05) is 42.2 Å². The van der Waals surface area contributed by atoms with Crippen LogP contribution in [0.4, 0.5) is 16.2 Å². The van der Waals surface area contributed by atoms with E-state index in [-0.39, 0.29) is 6.03 Å². The van der Waals surface area contributed by atoms with Gasteiger partial charge in [-0.15, -0.1) is 0 Å². The number of carbonyl (C=O) groups is 1. The molecule has 2 heterocycles. The molecule has 1 saturated heterocycles. The Kier molecular flexibility index (Phi) is 4.99. The first kappa shape index (κ1) is 17.8. The third-order valence-electron chi connectivity index (χ3n) is 4.88. The molecular formula is C20H22ClN3O3. The molecule has 0 bridgehead atoms. The van der Waals surface area contributed by atoms with Crippen LogP contribution in [0.15, 0.2) is 36.4 Å². The highest BCUT2D eigenvalue weighted by molar-refractivity contribution is 6.31. The number of hydrogen-bond donors (Lipinski definition) is 1. The van der Waals surface area contributed by atoms with E-state index in [9.17, 15) is 4.79 Å². The van der Waals surface area contributed by atoms with Gasteiger partial charge in [-0.25, -0.2) is 4.79 Å². The minimum absolute atomic E-state index is 0.100. The summed E-state index contributed by atoms with van der Waals surface area (Å²) in [6, 6.07) is 11.4. The normalized spacial score (nSPS) is 16.2. The lowest BCUT2D eigenvalue weighted by atomic mass is 10.2. The number of urea groups is 1. The Labute approximate surface area is 163 Å². The van der Waals surface area contributed by atoms with Crippen LogP contribution in [0.5, 0.6) is 11.5 Å². The number of carbonyl (C=O) groups excluding carboxylic acids is 1. The smallest absolute Gasteiger partial charge is 0.321 e. The standard InChI is InChI=1S/C20H22ClN3O3/c1-14-2-3-15(12-17(14)21)22-20(25)24-8-6-23(7-9-24)16-4-5-18-19(13-16)27-11-10-26-18/h2-5,12-13H,6-11H2,1H3,(H,22,25). The predicted octanol–water partition coefficient (Wildman–Crippen LogP) is 3.77. The summed E-state index contributed by atoms with van der Waals surface area (Å²) in [4.78, 5) is 16.6. The van der Waals surface area contributed by atoms with E-state index in [1.54, 1.807) is 6.07 Å². The van der Waals surface area contributed by atoms with E-state index >= 15 is 0 Å². The van der Waals surface area contributed by atoms with Crippen LogP contribution in [0.1, 0.15) is 5.56 Å². The Morgan fingerprint density at radius 1 is 1.00 bits per heavy atom. The summed E-state index contributed by atoms with van der Waals surface area (Å²) in [7, 11) is 0. The van der Waals surface area contributed by atoms with Gasteiger partial charge in [-0.1, -0.05) is 17.7 Å². The average Bonchev–Trinajstić information content (AvgIpc) is 2.70. The molecule has 142 valence electrons. The monoisotopic (exact) mass is 387 g/mol. The van der Waals surface area contributed by atoms with Crippen LogP contribution in [-0.4, -0.2) is 50.3 Å². The van der Waals surface area contributed by atoms with Crippen molar-refractivity contribution in [3.8, 4) is 11.5 Å². The molecule has 0 radical (unpaired) electrons. The highest BCUT2D eigenvalue weighted by Crippen LogP contribution is 2.34. The molecule has 2 aromatic carbocycles. The summed E-state index contributed by atoms with van der Waals surface area (Å²) in [6.45, 7) is 5.94. The number of hydrogen-bond acceptors (Lipinski definition) is 4. The zero-order valence-corrected chi connectivity index (χ0v) is 16.0. The topological polar surface area (TPSA) is 54.0 Å². The maximum Gasteiger partial charge on any atom is 0.321 e. The van der Waals surface area contributed by atoms with E-state index in [0.29, 0.717) is 37.0 Å². The number of aryl methyl sites for hydroxylation is 1. The van der Waals surface area contributed by atoms with E-state index in [2.05, 4.69) is 10.2 Å². The summed E-state index contributed by atoms with van der Waals surface area (Å²) >= 11 is 6.13. The molecule has 2 amide bonds. The van der Waals surface area contributed by atoms with Gasteiger partial charge in [0, 0.05) is 48.6 Å². The Morgan fingerprint density at radius 3 is 2.48 bits per heavy atom. The van der Waals surface area contributed by atoms with Crippen LogP contribution in [0, 0.1) is 6.92 Å². The minimum Gasteiger partial charge on any atom is -0.486 e. The Balaban J connectivity index is 1.35. The molecule has 1 N–H and O–H groups in total. The second-order valence-corrected chi connectivity index (χ2v) is 7.10. The second-order valence-electron chi connectivity index (χ2n) is 6.70. The fourth-order valence-electron chi connectivity index (χ4n) is 3.27. The number of anilines is 2. The third-order valence-corrected chi connectivity index (χ3v) is 5.29. The molecule has 2 aliphatic rings. The molecule has 2 aliphatic heterocycles. The van der Waals surface area contributed by atoms with Crippen LogP contribution in [-0.2, 0) is 0 Å². The Bertz CT molecular complexity index is 850. The summed E-state index contributed by atoms with van der Waals surface area (Å²) < 4.78 is 11.2. The van der Waals surface area contributed by atoms with Crippen molar-refractivity contribution in [1.82, 2.24) is 4.90 Å². The van der Waals surface area contributed by atoms with Crippen molar-refractivity contribution in [2.45, 2.75) is 6.92 Å². The first-order chi connectivity index (χ1) is 13.1. The third kappa shape index (κ3) is 3.90. The maximum atomic E-state index is 12.5. The summed E-state index contributed by atoms with van der Waals surface area (Å²) in [5, 5.41) is 3.57. The number of rotatable bonds is 2. The summed E-state index contributed by atoms with van der Waals surface area (Å²) in [5.74, 6) is 1.58. The molecule has 1 fully saturated rings. The Hall–Kier alpha value is -2.60. The van der Waals surface area contributed by atoms with Crippen molar-refractivity contribution in [3.05, 3.63) is 47.0 Å². The van der Waals surface area contributed by atoms with E-state index in [4.69, 9.17) is 21.1 Å². The zero-order chi connectivity index (χ0) is 18.8. The van der Waals surface area contributed by atoms with Crippen LogP contribution >= 0.6 is 11.6 Å². The lowest BCUT2D eigenvalue weighted by molar-refractivity contribution is 0.171. The van der Waals surface area contributed by atoms with Crippen LogP contribution < -0.4 is 19.7 Å². The number of benzene rings is 2. The molecule has 4 rings (SSSR count). The average molecular weight is 388 g/mol. The molecule has 0 spiro atoms. The molecule has 0 atom stereocenters. The number of nitrogens with zero attached hydrogens (tertiary/aromatic N) is 2. The number of halogens is 1. The maximum absolute atomic E-state index is 12.5. The van der Waals surface area contributed by atoms with Crippen molar-refractivity contribution in [1.29, 1.82) is 0 Å². The number of fused-ring (bicyclic) bond motifs is 1. The SMILES string of the molecule is Cc1ccc(NC(=O)N2CCN(c3ccc4c(c3)OCCO4)CC2)cc1Cl. The number of amides is 2. The van der Waals surface area contributed by atoms with E-state index in [0.717, 1.165) is 35.8 Å². The van der Waals surface area contributed by atoms with Gasteiger partial charge in [-0.3, -0.25) is 0 Å². The van der Waals surface area contributed by atoms with Crippen molar-refractivity contribution >= 4 is 29.0 Å². The first-order valence-corrected chi connectivity index (χ1v) is 9.44. The van der Waals surface area contributed by atoms with Gasteiger partial charge in [0.05, 0.1) is 0 Å². The van der Waals surface area contributed by atoms with E-state index < -0.39 is 0 Å². The van der Waals surface area contributed by atoms with Gasteiger partial charge in [0.1, 0.15) is 13.2 Å². The van der Waals surface area contributed by atoms with Crippen LogP contribution in [0.3, 0.4) is 0 Å². The van der Waals surface area contributed by atoms with E-state index in [1.165, 1.54) is 0 Å². The minimum atomic E-state index is -0.100. The molecule has 7 heteroatoms. The van der Waals surface area contributed by atoms with Gasteiger partial charge in [0.15, 0.2) is 11.5 Å². The quantitative estimate of drug-likeness (QED) is 0.852. The van der Waals surface area contributed by atoms with Gasteiger partial charge in [0.2, 0.25) is 0 Å². The van der Waals surface area contributed by atoms with Gasteiger partial charge >= 0.3 is 6.03 Å². The lowest BCUT2D eigenvalue weighted by Crippen LogP contribution is -2.50. The molecule has 0 aliphatic carbocycles. The van der Waals surface area contributed by atoms with Crippen molar-refractivity contribution in [2.75, 3.05) is 49.6 Å². The molecular weight excluding hydrogens is 366 g/mol. The molecule has 2 aromatic rings. The number of piperazine rings is 1. The predicted molar refractivity (Wildman–Crippen MR) is 106 cm³/mol. The van der Waals surface area contributed by atoms with Gasteiger partial charge < -0.3 is 24.6 Å². The first-order valence-electron chi connectivity index (χ1n) is 9.07. The Morgan fingerprint density at radius 2 is 1.74 bits per heavy atom. The molecule has 0 aromatic heterocycles. The van der Waals surface area contributed by atoms with Crippen molar-refractivity contribution in [2.24, 2.45) is 0 Å². The van der Waals surface area contributed by atoms with Crippen molar-refractivity contribution < 1.29 is 14.3 Å². The van der Waals surface area contributed by atoms with Gasteiger partial charge in [-0.05, 0) is 36.8 Å². The summed E-state index contributed by atoms with van der Waals surface area (Å²) in [5.41, 5.74) is 2.79. The largest absolute Gasteiger partial charge is 0.486 e. The highest BCUT2D eigenvalue weighted by Gasteiger charge is 2.23. The second kappa shape index (κ2) is 7.56. The molecule has 6 nitrogen and oxygen atoms in total. The zero-order valence-electron chi connectivity index (χ0n) is 15.2. The number of ether oxygens (including phenoxy) is 2. The van der Waals surface area contributed by atoms with Crippen molar-refractivity contribution in [3.63, 3.8) is 0 Å². The van der Waals surface area contributed by atoms with Gasteiger partial charge in [-0.2, -0.15) is 0 Å². The van der Waals surface area contributed by atoms with Crippen LogP contribution in [0.2, 0.25) is 5.02 Å². The summed E-state index contributed by atoms with van der Waals surface area (Å²) in [6.07, 6.45) is 0. The molecule has 0 saturated carbocycles. The molecule has 0 unspecified atom stereocenters. The van der Waals surface area contributed by atoms with Gasteiger partial charge in [0.25, 0.3) is 0 Å². The fourth-order valence-corrected chi connectivity index (χ4v) is 3.45. The number of nitrogens with one attached hydrogen (secondary N) is 1. The van der Waals surface area contributed by atoms with Crippen LogP contribution in [0.25, 0.3) is 0 Å². The fraction of sp³-hybridized carbons (Fsp3) is 0.350.